The first-order valence-electron chi connectivity index (χ1n) is 6.09. The molecule has 0 aliphatic rings. The fourth-order valence-corrected chi connectivity index (χ4v) is 1.63. The van der Waals surface area contributed by atoms with E-state index in [0.717, 1.165) is 5.56 Å². The predicted molar refractivity (Wildman–Crippen MR) is 73.5 cm³/mol. The first kappa shape index (κ1) is 15.0. The molecule has 0 unspecified atom stereocenters. The van der Waals surface area contributed by atoms with Crippen LogP contribution in [0.15, 0.2) is 24.3 Å². The van der Waals surface area contributed by atoms with E-state index in [1.54, 1.807) is 12.1 Å². The molecule has 0 aromatic heterocycles. The molecule has 1 aromatic carbocycles. The second-order valence-electron chi connectivity index (χ2n) is 4.83. The van der Waals surface area contributed by atoms with Crippen molar-refractivity contribution in [3.63, 3.8) is 0 Å². The van der Waals surface area contributed by atoms with Gasteiger partial charge in [-0.05, 0) is 31.5 Å². The molecule has 0 saturated heterocycles. The van der Waals surface area contributed by atoms with Gasteiger partial charge in [0.1, 0.15) is 0 Å². The number of amides is 1. The van der Waals surface area contributed by atoms with Gasteiger partial charge in [0, 0.05) is 12.2 Å². The highest BCUT2D eigenvalue weighted by molar-refractivity contribution is 5.87. The van der Waals surface area contributed by atoms with Crippen LogP contribution >= 0.6 is 0 Å². The Morgan fingerprint density at radius 2 is 1.84 bits per heavy atom. The minimum Gasteiger partial charge on any atom is -0.469 e. The first-order valence-corrected chi connectivity index (χ1v) is 6.09. The van der Waals surface area contributed by atoms with E-state index in [9.17, 15) is 9.59 Å². The highest BCUT2D eigenvalue weighted by atomic mass is 16.5. The molecule has 0 bridgehead atoms. The van der Waals surface area contributed by atoms with Crippen LogP contribution in [0.5, 0.6) is 0 Å². The number of hydrogen-bond donors (Lipinski definition) is 2. The summed E-state index contributed by atoms with van der Waals surface area (Å²) >= 11 is 0. The molecule has 0 aliphatic carbocycles. The zero-order valence-electron chi connectivity index (χ0n) is 11.5. The van der Waals surface area contributed by atoms with Gasteiger partial charge in [0.2, 0.25) is 5.91 Å². The normalized spacial score (nSPS) is 10.9. The maximum atomic E-state index is 12.1. The molecule has 19 heavy (non-hydrogen) atoms. The summed E-state index contributed by atoms with van der Waals surface area (Å²) in [6.07, 6.45) is 0.167. The Kier molecular flexibility index (Phi) is 4.92. The van der Waals surface area contributed by atoms with Crippen molar-refractivity contribution in [3.05, 3.63) is 29.8 Å². The van der Waals surface area contributed by atoms with Gasteiger partial charge in [0.25, 0.3) is 0 Å². The number of anilines is 1. The summed E-state index contributed by atoms with van der Waals surface area (Å²) in [6.45, 7) is 3.92. The van der Waals surface area contributed by atoms with Crippen LogP contribution in [0.4, 0.5) is 5.69 Å². The van der Waals surface area contributed by atoms with Gasteiger partial charge in [0.05, 0.1) is 18.9 Å². The van der Waals surface area contributed by atoms with Crippen LogP contribution in [0.2, 0.25) is 0 Å². The Balaban J connectivity index is 2.63. The molecule has 0 radical (unpaired) electrons. The molecule has 0 spiro atoms. The van der Waals surface area contributed by atoms with E-state index in [-0.39, 0.29) is 24.8 Å². The van der Waals surface area contributed by atoms with Crippen LogP contribution in [0.1, 0.15) is 25.8 Å². The molecule has 3 N–H and O–H groups in total. The van der Waals surface area contributed by atoms with Crippen molar-refractivity contribution in [2.24, 2.45) is 0 Å². The Morgan fingerprint density at radius 3 is 2.37 bits per heavy atom. The predicted octanol–water partition coefficient (Wildman–Crippen LogP) is 1.23. The lowest BCUT2D eigenvalue weighted by atomic mass is 9.83. The van der Waals surface area contributed by atoms with E-state index in [0.29, 0.717) is 5.69 Å². The second kappa shape index (κ2) is 6.22. The molecule has 0 saturated carbocycles. The van der Waals surface area contributed by atoms with Crippen molar-refractivity contribution < 1.29 is 14.3 Å². The van der Waals surface area contributed by atoms with E-state index in [4.69, 9.17) is 5.73 Å². The van der Waals surface area contributed by atoms with Gasteiger partial charge in [-0.15, -0.1) is 0 Å². The number of esters is 1. The van der Waals surface area contributed by atoms with Gasteiger partial charge in [-0.2, -0.15) is 0 Å². The SMILES string of the molecule is COC(=O)CCNC(=O)C(C)(C)c1ccc(N)cc1. The Hall–Kier alpha value is -2.04. The molecule has 5 heteroatoms. The van der Waals surface area contributed by atoms with Crippen LogP contribution in [-0.4, -0.2) is 25.5 Å². The third kappa shape index (κ3) is 3.98. The summed E-state index contributed by atoms with van der Waals surface area (Å²) in [5.41, 5.74) is 6.48. The number of carbonyl (C=O) groups excluding carboxylic acids is 2. The lowest BCUT2D eigenvalue weighted by Crippen LogP contribution is -2.40. The summed E-state index contributed by atoms with van der Waals surface area (Å²) in [7, 11) is 1.32. The summed E-state index contributed by atoms with van der Waals surface area (Å²) in [5, 5.41) is 2.73. The van der Waals surface area contributed by atoms with Crippen LogP contribution in [0.3, 0.4) is 0 Å². The van der Waals surface area contributed by atoms with E-state index >= 15 is 0 Å². The highest BCUT2D eigenvalue weighted by Gasteiger charge is 2.29. The van der Waals surface area contributed by atoms with Crippen molar-refractivity contribution in [2.45, 2.75) is 25.7 Å². The minimum atomic E-state index is -0.677. The fraction of sp³-hybridized carbons (Fsp3) is 0.429. The Morgan fingerprint density at radius 1 is 1.26 bits per heavy atom. The number of nitrogen functional groups attached to an aromatic ring is 1. The van der Waals surface area contributed by atoms with Crippen LogP contribution in [0, 0.1) is 0 Å². The lowest BCUT2D eigenvalue weighted by Gasteiger charge is -2.24. The Labute approximate surface area is 113 Å². The number of nitrogens with one attached hydrogen (secondary N) is 1. The average molecular weight is 264 g/mol. The summed E-state index contributed by atoms with van der Waals surface area (Å²) < 4.78 is 4.51. The topological polar surface area (TPSA) is 81.4 Å². The van der Waals surface area contributed by atoms with Crippen molar-refractivity contribution in [3.8, 4) is 0 Å². The van der Waals surface area contributed by atoms with Crippen LogP contribution < -0.4 is 11.1 Å². The van der Waals surface area contributed by atoms with E-state index in [1.165, 1.54) is 7.11 Å². The molecule has 104 valence electrons. The van der Waals surface area contributed by atoms with Gasteiger partial charge in [-0.3, -0.25) is 9.59 Å². The average Bonchev–Trinajstić information content (AvgIpc) is 2.38. The molecule has 0 aliphatic heterocycles. The van der Waals surface area contributed by atoms with Gasteiger partial charge in [0.15, 0.2) is 0 Å². The number of benzene rings is 1. The third-order valence-electron chi connectivity index (χ3n) is 3.04. The minimum absolute atomic E-state index is 0.138. The molecular weight excluding hydrogens is 244 g/mol. The van der Waals surface area contributed by atoms with E-state index in [1.807, 2.05) is 26.0 Å². The largest absolute Gasteiger partial charge is 0.469 e. The third-order valence-corrected chi connectivity index (χ3v) is 3.04. The summed E-state index contributed by atoms with van der Waals surface area (Å²) in [4.78, 5) is 23.1. The molecule has 1 aromatic rings. The van der Waals surface area contributed by atoms with E-state index < -0.39 is 5.41 Å². The van der Waals surface area contributed by atoms with Crippen molar-refractivity contribution in [1.82, 2.24) is 5.32 Å². The van der Waals surface area contributed by atoms with Crippen molar-refractivity contribution in [1.29, 1.82) is 0 Å². The molecular formula is C14H20N2O3. The molecule has 0 fully saturated rings. The standard InChI is InChI=1S/C14H20N2O3/c1-14(2,10-4-6-11(15)7-5-10)13(18)16-9-8-12(17)19-3/h4-7H,8-9,15H2,1-3H3,(H,16,18). The zero-order chi connectivity index (χ0) is 14.5. The number of hydrogen-bond acceptors (Lipinski definition) is 4. The fourth-order valence-electron chi connectivity index (χ4n) is 1.63. The smallest absolute Gasteiger partial charge is 0.307 e. The van der Waals surface area contributed by atoms with Gasteiger partial charge in [-0.25, -0.2) is 0 Å². The molecule has 1 amide bonds. The first-order chi connectivity index (χ1) is 8.87. The molecule has 5 nitrogen and oxygen atoms in total. The maximum absolute atomic E-state index is 12.1. The van der Waals surface area contributed by atoms with Crippen LogP contribution in [0.25, 0.3) is 0 Å². The number of nitrogens with two attached hydrogens (primary N) is 1. The van der Waals surface area contributed by atoms with Gasteiger partial charge in [-0.1, -0.05) is 12.1 Å². The lowest BCUT2D eigenvalue weighted by molar-refractivity contribution is -0.140. The van der Waals surface area contributed by atoms with Gasteiger partial charge < -0.3 is 15.8 Å². The molecule has 1 rings (SSSR count). The monoisotopic (exact) mass is 264 g/mol. The van der Waals surface area contributed by atoms with Crippen molar-refractivity contribution >= 4 is 17.6 Å². The number of carbonyl (C=O) groups is 2. The van der Waals surface area contributed by atoms with Gasteiger partial charge >= 0.3 is 5.97 Å². The molecule has 0 heterocycles. The second-order valence-corrected chi connectivity index (χ2v) is 4.83. The number of rotatable bonds is 5. The summed E-state index contributed by atoms with van der Waals surface area (Å²) in [6, 6.07) is 7.18. The maximum Gasteiger partial charge on any atom is 0.307 e. The molecule has 0 atom stereocenters. The quantitative estimate of drug-likeness (QED) is 0.619. The summed E-state index contributed by atoms with van der Waals surface area (Å²) in [5.74, 6) is -0.480. The zero-order valence-corrected chi connectivity index (χ0v) is 11.5. The van der Waals surface area contributed by atoms with E-state index in [2.05, 4.69) is 10.1 Å². The number of ether oxygens (including phenoxy) is 1. The Bertz CT molecular complexity index is 452. The van der Waals surface area contributed by atoms with Crippen molar-refractivity contribution in [2.75, 3.05) is 19.4 Å². The highest BCUT2D eigenvalue weighted by Crippen LogP contribution is 2.24. The number of methoxy groups -OCH3 is 1. The van der Waals surface area contributed by atoms with Crippen LogP contribution in [-0.2, 0) is 19.7 Å².